The Balaban J connectivity index is 1.38. The van der Waals surface area contributed by atoms with E-state index in [2.05, 4.69) is 17.6 Å². The van der Waals surface area contributed by atoms with E-state index in [1.165, 1.54) is 29.7 Å². The number of benzene rings is 2. The van der Waals surface area contributed by atoms with Crippen LogP contribution in [0.2, 0.25) is 10.0 Å². The standard InChI is InChI=1S/C25H22Cl2N2O4S/c1-12-3-6-16-20(9-12)34-24-21(16)23(30)28-22(29-24)13-4-8-18(19(10-13)32-2)33-25(31)15-7-5-14(26)11-17(15)27/h4-5,7-8,10-12,22,29H,3,6,9H2,1-2H3,(H,28,30). The lowest BCUT2D eigenvalue weighted by Crippen LogP contribution is -2.38. The maximum absolute atomic E-state index is 13.0. The first kappa shape index (κ1) is 23.0. The summed E-state index contributed by atoms with van der Waals surface area (Å²) in [6.07, 6.45) is 2.62. The van der Waals surface area contributed by atoms with Gasteiger partial charge >= 0.3 is 5.97 Å². The smallest absolute Gasteiger partial charge is 0.345 e. The van der Waals surface area contributed by atoms with Crippen LogP contribution in [-0.2, 0) is 12.8 Å². The Bertz CT molecular complexity index is 1310. The second-order valence-electron chi connectivity index (χ2n) is 8.53. The molecule has 1 aromatic heterocycles. The van der Waals surface area contributed by atoms with Crippen LogP contribution < -0.4 is 20.1 Å². The third kappa shape index (κ3) is 4.24. The highest BCUT2D eigenvalue weighted by Crippen LogP contribution is 2.43. The van der Waals surface area contributed by atoms with Crippen LogP contribution in [-0.4, -0.2) is 19.0 Å². The first-order chi connectivity index (χ1) is 16.3. The number of halogens is 2. The second-order valence-corrected chi connectivity index (χ2v) is 10.5. The highest BCUT2D eigenvalue weighted by atomic mass is 35.5. The van der Waals surface area contributed by atoms with Gasteiger partial charge in [0, 0.05) is 9.90 Å². The molecule has 0 saturated heterocycles. The minimum Gasteiger partial charge on any atom is -0.493 e. The molecule has 0 fully saturated rings. The normalized spacial score (nSPS) is 18.9. The van der Waals surface area contributed by atoms with Gasteiger partial charge in [-0.15, -0.1) is 11.3 Å². The Morgan fingerprint density at radius 1 is 1.12 bits per heavy atom. The van der Waals surface area contributed by atoms with Gasteiger partial charge in [0.25, 0.3) is 5.91 Å². The monoisotopic (exact) mass is 516 g/mol. The topological polar surface area (TPSA) is 76.7 Å². The summed E-state index contributed by atoms with van der Waals surface area (Å²) in [5.41, 5.74) is 2.93. The fraction of sp³-hybridized carbons (Fsp3) is 0.280. The number of anilines is 1. The van der Waals surface area contributed by atoms with Crippen molar-refractivity contribution in [1.29, 1.82) is 0 Å². The first-order valence-corrected chi connectivity index (χ1v) is 12.5. The Hall–Kier alpha value is -2.74. The molecule has 2 unspecified atom stereocenters. The number of rotatable bonds is 4. The Kier molecular flexibility index (Phi) is 6.18. The van der Waals surface area contributed by atoms with Crippen LogP contribution in [0.4, 0.5) is 5.00 Å². The van der Waals surface area contributed by atoms with Crippen molar-refractivity contribution in [3.05, 3.63) is 73.6 Å². The van der Waals surface area contributed by atoms with Crippen LogP contribution in [0.1, 0.15) is 56.2 Å². The van der Waals surface area contributed by atoms with Gasteiger partial charge in [0.15, 0.2) is 11.5 Å². The lowest BCUT2D eigenvalue weighted by atomic mass is 9.88. The molecule has 1 aliphatic carbocycles. The number of thiophene rings is 1. The van der Waals surface area contributed by atoms with Gasteiger partial charge in [-0.25, -0.2) is 4.79 Å². The molecule has 2 aromatic carbocycles. The number of methoxy groups -OCH3 is 1. The highest BCUT2D eigenvalue weighted by Gasteiger charge is 2.33. The predicted molar refractivity (Wildman–Crippen MR) is 134 cm³/mol. The van der Waals surface area contributed by atoms with Crippen molar-refractivity contribution in [1.82, 2.24) is 5.32 Å². The molecule has 0 bridgehead atoms. The summed E-state index contributed by atoms with van der Waals surface area (Å²) < 4.78 is 11.0. The maximum atomic E-state index is 13.0. The van der Waals surface area contributed by atoms with Gasteiger partial charge in [0.2, 0.25) is 0 Å². The SMILES string of the molecule is COc1cc(C2NC(=O)c3c(sc4c3CCC(C)C4)N2)ccc1OC(=O)c1ccc(Cl)cc1Cl. The van der Waals surface area contributed by atoms with Gasteiger partial charge in [0.1, 0.15) is 11.2 Å². The van der Waals surface area contributed by atoms with E-state index in [1.54, 1.807) is 35.6 Å². The number of nitrogens with one attached hydrogen (secondary N) is 2. The average molecular weight is 517 g/mol. The predicted octanol–water partition coefficient (Wildman–Crippen LogP) is 6.26. The third-order valence-electron chi connectivity index (χ3n) is 6.16. The summed E-state index contributed by atoms with van der Waals surface area (Å²) in [7, 11) is 1.49. The van der Waals surface area contributed by atoms with E-state index in [9.17, 15) is 9.59 Å². The quantitative estimate of drug-likeness (QED) is 0.316. The number of hydrogen-bond donors (Lipinski definition) is 2. The van der Waals surface area contributed by atoms with E-state index in [-0.39, 0.29) is 22.2 Å². The number of carbonyl (C=O) groups is 2. The number of esters is 1. The van der Waals surface area contributed by atoms with Crippen molar-refractivity contribution in [2.45, 2.75) is 32.4 Å². The molecular formula is C25H22Cl2N2O4S. The minimum absolute atomic E-state index is 0.0716. The molecule has 1 amide bonds. The van der Waals surface area contributed by atoms with Crippen LogP contribution in [0, 0.1) is 5.92 Å². The van der Waals surface area contributed by atoms with Crippen LogP contribution >= 0.6 is 34.5 Å². The molecule has 0 saturated carbocycles. The first-order valence-electron chi connectivity index (χ1n) is 10.9. The van der Waals surface area contributed by atoms with E-state index in [4.69, 9.17) is 32.7 Å². The molecule has 2 aliphatic rings. The summed E-state index contributed by atoms with van der Waals surface area (Å²) >= 11 is 13.7. The van der Waals surface area contributed by atoms with Gasteiger partial charge in [-0.1, -0.05) is 36.2 Å². The van der Waals surface area contributed by atoms with Gasteiger partial charge in [0.05, 0.1) is 23.3 Å². The lowest BCUT2D eigenvalue weighted by Gasteiger charge is -2.27. The van der Waals surface area contributed by atoms with Gasteiger partial charge < -0.3 is 20.1 Å². The van der Waals surface area contributed by atoms with Crippen LogP contribution in [0.3, 0.4) is 0 Å². The van der Waals surface area contributed by atoms with Crippen LogP contribution in [0.25, 0.3) is 0 Å². The van der Waals surface area contributed by atoms with Crippen molar-refractivity contribution in [2.75, 3.05) is 12.4 Å². The number of fused-ring (bicyclic) bond motifs is 3. The third-order valence-corrected chi connectivity index (χ3v) is 7.90. The minimum atomic E-state index is -0.625. The second kappa shape index (κ2) is 9.13. The Labute approximate surface area is 211 Å². The van der Waals surface area contributed by atoms with Crippen LogP contribution in [0.5, 0.6) is 11.5 Å². The molecule has 1 aliphatic heterocycles. The molecule has 0 radical (unpaired) electrons. The summed E-state index contributed by atoms with van der Waals surface area (Å²) in [6, 6.07) is 9.72. The molecular weight excluding hydrogens is 495 g/mol. The lowest BCUT2D eigenvalue weighted by molar-refractivity contribution is 0.0729. The van der Waals surface area contributed by atoms with Gasteiger partial charge in [-0.3, -0.25) is 4.79 Å². The van der Waals surface area contributed by atoms with Gasteiger partial charge in [-0.05, 0) is 66.6 Å². The molecule has 176 valence electrons. The molecule has 2 heterocycles. The average Bonchev–Trinajstić information content (AvgIpc) is 3.17. The number of ether oxygens (including phenoxy) is 2. The number of hydrogen-bond acceptors (Lipinski definition) is 6. The Morgan fingerprint density at radius 3 is 2.71 bits per heavy atom. The summed E-state index contributed by atoms with van der Waals surface area (Å²) in [5, 5.41) is 8.04. The molecule has 9 heteroatoms. The zero-order chi connectivity index (χ0) is 24.0. The zero-order valence-corrected chi connectivity index (χ0v) is 20.9. The molecule has 2 atom stereocenters. The number of carbonyl (C=O) groups excluding carboxylic acids is 2. The van der Waals surface area contributed by atoms with E-state index in [0.717, 1.165) is 35.4 Å². The summed E-state index contributed by atoms with van der Waals surface area (Å²) in [4.78, 5) is 26.9. The fourth-order valence-corrected chi connectivity index (χ4v) is 6.31. The van der Waals surface area contributed by atoms with Crippen molar-refractivity contribution < 1.29 is 19.1 Å². The van der Waals surface area contributed by atoms with E-state index in [1.807, 2.05) is 0 Å². The van der Waals surface area contributed by atoms with Crippen molar-refractivity contribution in [3.63, 3.8) is 0 Å². The molecule has 6 nitrogen and oxygen atoms in total. The summed E-state index contributed by atoms with van der Waals surface area (Å²) in [5.74, 6) is 0.536. The van der Waals surface area contributed by atoms with E-state index >= 15 is 0 Å². The molecule has 34 heavy (non-hydrogen) atoms. The fourth-order valence-electron chi connectivity index (χ4n) is 4.39. The molecule has 2 N–H and O–H groups in total. The molecule has 5 rings (SSSR count). The van der Waals surface area contributed by atoms with Crippen molar-refractivity contribution >= 4 is 51.4 Å². The number of amides is 1. The highest BCUT2D eigenvalue weighted by molar-refractivity contribution is 7.16. The molecule has 3 aromatic rings. The van der Waals surface area contributed by atoms with E-state index < -0.39 is 12.1 Å². The summed E-state index contributed by atoms with van der Waals surface area (Å²) in [6.45, 7) is 2.25. The maximum Gasteiger partial charge on any atom is 0.345 e. The Morgan fingerprint density at radius 2 is 1.94 bits per heavy atom. The van der Waals surface area contributed by atoms with Crippen molar-refractivity contribution in [2.24, 2.45) is 5.92 Å². The largest absolute Gasteiger partial charge is 0.493 e. The zero-order valence-electron chi connectivity index (χ0n) is 18.5. The van der Waals surface area contributed by atoms with E-state index in [0.29, 0.717) is 16.7 Å². The van der Waals surface area contributed by atoms with Crippen LogP contribution in [0.15, 0.2) is 36.4 Å². The van der Waals surface area contributed by atoms with Crippen molar-refractivity contribution in [3.8, 4) is 11.5 Å². The van der Waals surface area contributed by atoms with Gasteiger partial charge in [-0.2, -0.15) is 0 Å². The molecule has 0 spiro atoms.